The molecule has 0 saturated heterocycles. The van der Waals surface area contributed by atoms with Crippen LogP contribution in [0, 0.1) is 5.92 Å². The Hall–Kier alpha value is -0.480. The van der Waals surface area contributed by atoms with Crippen LogP contribution in [0.1, 0.15) is 30.4 Å². The molecule has 1 heterocycles. The second kappa shape index (κ2) is 6.74. The third-order valence-corrected chi connectivity index (χ3v) is 7.24. The van der Waals surface area contributed by atoms with Crippen molar-refractivity contribution < 1.29 is 17.9 Å². The van der Waals surface area contributed by atoms with Gasteiger partial charge in [0.25, 0.3) is 0 Å². The number of nitrogens with two attached hydrogens (primary N) is 1. The number of halogens is 1. The molecule has 1 atom stereocenters. The van der Waals surface area contributed by atoms with E-state index in [1.807, 2.05) is 13.8 Å². The number of sulfonamides is 1. The Balaban J connectivity index is 3.20. The number of hydrogen-bond acceptors (Lipinski definition) is 6. The van der Waals surface area contributed by atoms with E-state index in [0.717, 1.165) is 11.3 Å². The second-order valence-electron chi connectivity index (χ2n) is 5.12. The third-order valence-electron chi connectivity index (χ3n) is 3.40. The van der Waals surface area contributed by atoms with Gasteiger partial charge < -0.3 is 10.5 Å². The third kappa shape index (κ3) is 4.04. The van der Waals surface area contributed by atoms with Gasteiger partial charge in [0.1, 0.15) is 9.77 Å². The number of methoxy groups -OCH3 is 1. The van der Waals surface area contributed by atoms with Gasteiger partial charge >= 0.3 is 5.97 Å². The molecule has 9 heteroatoms. The molecule has 1 rings (SSSR count). The zero-order valence-corrected chi connectivity index (χ0v) is 15.5. The van der Waals surface area contributed by atoms with Crippen LogP contribution in [-0.2, 0) is 14.8 Å². The largest absolute Gasteiger partial charge is 0.465 e. The highest BCUT2D eigenvalue weighted by Crippen LogP contribution is 2.33. The van der Waals surface area contributed by atoms with Gasteiger partial charge in [-0.05, 0) is 34.8 Å². The number of rotatable bonds is 6. The summed E-state index contributed by atoms with van der Waals surface area (Å²) in [6.45, 7) is 5.68. The molecular formula is C12H19BrN2O4S2. The molecule has 3 N–H and O–H groups in total. The molecule has 1 aromatic rings. The second-order valence-corrected chi connectivity index (χ2v) is 9.14. The molecule has 0 amide bonds. The zero-order chi connectivity index (χ0) is 16.4. The Labute approximate surface area is 137 Å². The van der Waals surface area contributed by atoms with Crippen molar-refractivity contribution >= 4 is 43.3 Å². The molecule has 0 bridgehead atoms. The topological polar surface area (TPSA) is 98.5 Å². The van der Waals surface area contributed by atoms with Gasteiger partial charge in [-0.3, -0.25) is 0 Å². The minimum Gasteiger partial charge on any atom is -0.465 e. The van der Waals surface area contributed by atoms with E-state index in [0.29, 0.717) is 3.79 Å². The van der Waals surface area contributed by atoms with Crippen LogP contribution in [0.15, 0.2) is 14.7 Å². The highest BCUT2D eigenvalue weighted by molar-refractivity contribution is 9.11. The number of carbonyl (C=O) groups excluding carboxylic acids is 1. The first-order valence-electron chi connectivity index (χ1n) is 6.19. The number of nitrogens with one attached hydrogen (secondary N) is 1. The first-order valence-corrected chi connectivity index (χ1v) is 9.28. The van der Waals surface area contributed by atoms with Crippen molar-refractivity contribution in [2.75, 3.05) is 13.7 Å². The van der Waals surface area contributed by atoms with Gasteiger partial charge in [0.15, 0.2) is 0 Å². The van der Waals surface area contributed by atoms with E-state index < -0.39 is 21.5 Å². The molecule has 0 radical (unpaired) electrons. The first-order chi connectivity index (χ1) is 9.57. The van der Waals surface area contributed by atoms with E-state index >= 15 is 0 Å². The molecule has 0 aliphatic carbocycles. The molecule has 0 aliphatic heterocycles. The fraction of sp³-hybridized carbons (Fsp3) is 0.583. The summed E-state index contributed by atoms with van der Waals surface area (Å²) in [4.78, 5) is 11.7. The lowest BCUT2D eigenvalue weighted by Crippen LogP contribution is -2.54. The Morgan fingerprint density at radius 2 is 2.14 bits per heavy atom. The lowest BCUT2D eigenvalue weighted by Gasteiger charge is -2.32. The van der Waals surface area contributed by atoms with Gasteiger partial charge in [-0.2, -0.15) is 0 Å². The summed E-state index contributed by atoms with van der Waals surface area (Å²) in [5.41, 5.74) is 4.92. The van der Waals surface area contributed by atoms with Crippen LogP contribution < -0.4 is 10.5 Å². The van der Waals surface area contributed by atoms with Crippen molar-refractivity contribution in [3.8, 4) is 0 Å². The summed E-state index contributed by atoms with van der Waals surface area (Å²) >= 11 is 4.18. The lowest BCUT2D eigenvalue weighted by molar-refractivity contribution is 0.0606. The summed E-state index contributed by atoms with van der Waals surface area (Å²) < 4.78 is 32.6. The summed E-state index contributed by atoms with van der Waals surface area (Å²) in [7, 11) is -2.56. The van der Waals surface area contributed by atoms with Crippen molar-refractivity contribution in [1.82, 2.24) is 4.72 Å². The Morgan fingerprint density at radius 1 is 1.57 bits per heavy atom. The maximum absolute atomic E-state index is 12.5. The lowest BCUT2D eigenvalue weighted by atomic mass is 9.90. The molecule has 1 unspecified atom stereocenters. The van der Waals surface area contributed by atoms with Crippen LogP contribution in [0.3, 0.4) is 0 Å². The Morgan fingerprint density at radius 3 is 2.57 bits per heavy atom. The first kappa shape index (κ1) is 18.6. The maximum atomic E-state index is 12.5. The molecule has 6 nitrogen and oxygen atoms in total. The standard InChI is InChI=1S/C12H19BrN2O4S2/c1-7(2)12(3,6-14)15-21(17,18)9-5-8(11(16)19-4)20-10(9)13/h5,7,15H,6,14H2,1-4H3. The normalized spacial score (nSPS) is 15.0. The van der Waals surface area contributed by atoms with E-state index in [4.69, 9.17) is 5.73 Å². The molecule has 0 aliphatic rings. The molecule has 0 aromatic carbocycles. The minimum atomic E-state index is -3.80. The smallest absolute Gasteiger partial charge is 0.348 e. The van der Waals surface area contributed by atoms with Crippen LogP contribution in [0.2, 0.25) is 0 Å². The molecule has 120 valence electrons. The number of ether oxygens (including phenoxy) is 1. The summed E-state index contributed by atoms with van der Waals surface area (Å²) in [6, 6.07) is 1.29. The van der Waals surface area contributed by atoms with E-state index in [1.165, 1.54) is 13.2 Å². The van der Waals surface area contributed by atoms with Crippen LogP contribution in [0.25, 0.3) is 0 Å². The van der Waals surface area contributed by atoms with Crippen molar-refractivity contribution in [2.24, 2.45) is 11.7 Å². The van der Waals surface area contributed by atoms with E-state index in [2.05, 4.69) is 25.4 Å². The van der Waals surface area contributed by atoms with Crippen LogP contribution in [0.5, 0.6) is 0 Å². The van der Waals surface area contributed by atoms with Gasteiger partial charge in [0, 0.05) is 12.1 Å². The van der Waals surface area contributed by atoms with Crippen molar-refractivity contribution in [2.45, 2.75) is 31.2 Å². The molecular weight excluding hydrogens is 380 g/mol. The molecule has 0 fully saturated rings. The predicted molar refractivity (Wildman–Crippen MR) is 86.0 cm³/mol. The fourth-order valence-electron chi connectivity index (χ4n) is 1.49. The van der Waals surface area contributed by atoms with Crippen LogP contribution in [0.4, 0.5) is 0 Å². The van der Waals surface area contributed by atoms with Gasteiger partial charge in [-0.1, -0.05) is 13.8 Å². The summed E-state index contributed by atoms with van der Waals surface area (Å²) in [6.07, 6.45) is 0. The van der Waals surface area contributed by atoms with Gasteiger partial charge in [-0.25, -0.2) is 17.9 Å². The maximum Gasteiger partial charge on any atom is 0.348 e. The van der Waals surface area contributed by atoms with Crippen LogP contribution >= 0.6 is 27.3 Å². The fourth-order valence-corrected chi connectivity index (χ4v) is 5.52. The van der Waals surface area contributed by atoms with Gasteiger partial charge in [0.05, 0.1) is 10.9 Å². The minimum absolute atomic E-state index is 0.00762. The SMILES string of the molecule is COC(=O)c1cc(S(=O)(=O)NC(C)(CN)C(C)C)c(Br)s1. The van der Waals surface area contributed by atoms with Crippen LogP contribution in [-0.4, -0.2) is 33.6 Å². The molecule has 21 heavy (non-hydrogen) atoms. The number of hydrogen-bond donors (Lipinski definition) is 2. The summed E-state index contributed by atoms with van der Waals surface area (Å²) in [5, 5.41) is 0. The highest BCUT2D eigenvalue weighted by atomic mass is 79.9. The van der Waals surface area contributed by atoms with Crippen molar-refractivity contribution in [3.63, 3.8) is 0 Å². The average molecular weight is 399 g/mol. The number of thiophene rings is 1. The molecule has 0 saturated carbocycles. The quantitative estimate of drug-likeness (QED) is 0.713. The van der Waals surface area contributed by atoms with E-state index in [-0.39, 0.29) is 22.2 Å². The van der Waals surface area contributed by atoms with Gasteiger partial charge in [0.2, 0.25) is 10.0 Å². The van der Waals surface area contributed by atoms with E-state index in [1.54, 1.807) is 6.92 Å². The molecule has 1 aromatic heterocycles. The monoisotopic (exact) mass is 398 g/mol. The van der Waals surface area contributed by atoms with Gasteiger partial charge in [-0.15, -0.1) is 11.3 Å². The highest BCUT2D eigenvalue weighted by Gasteiger charge is 2.34. The molecule has 0 spiro atoms. The van der Waals surface area contributed by atoms with E-state index in [9.17, 15) is 13.2 Å². The Kier molecular flexibility index (Phi) is 5.96. The summed E-state index contributed by atoms with van der Waals surface area (Å²) in [5.74, 6) is -0.567. The number of esters is 1. The predicted octanol–water partition coefficient (Wildman–Crippen LogP) is 1.95. The number of carbonyl (C=O) groups is 1. The van der Waals surface area contributed by atoms with Crippen molar-refractivity contribution in [1.29, 1.82) is 0 Å². The average Bonchev–Trinajstić information content (AvgIpc) is 2.80. The Bertz CT molecular complexity index is 627. The zero-order valence-electron chi connectivity index (χ0n) is 12.3. The van der Waals surface area contributed by atoms with Crippen molar-refractivity contribution in [3.05, 3.63) is 14.7 Å².